The van der Waals surface area contributed by atoms with Gasteiger partial charge in [-0.25, -0.2) is 4.39 Å². The lowest BCUT2D eigenvalue weighted by Crippen LogP contribution is -2.22. The fraction of sp³-hybridized carbons (Fsp3) is 0.571. The summed E-state index contributed by atoms with van der Waals surface area (Å²) in [6.45, 7) is 8.46. The van der Waals surface area contributed by atoms with Crippen LogP contribution in [0.1, 0.15) is 44.4 Å². The molecule has 16 heavy (non-hydrogen) atoms. The Morgan fingerprint density at radius 3 is 2.38 bits per heavy atom. The molecule has 1 rings (SSSR count). The van der Waals surface area contributed by atoms with Gasteiger partial charge < -0.3 is 5.32 Å². The third-order valence-corrected chi connectivity index (χ3v) is 2.75. The highest BCUT2D eigenvalue weighted by molar-refractivity contribution is 5.26. The largest absolute Gasteiger partial charge is 0.313 e. The lowest BCUT2D eigenvalue weighted by atomic mass is 9.85. The first-order valence-electron chi connectivity index (χ1n) is 5.77. The zero-order valence-corrected chi connectivity index (χ0v) is 10.9. The van der Waals surface area contributed by atoms with Crippen LogP contribution in [0.2, 0.25) is 0 Å². The van der Waals surface area contributed by atoms with E-state index in [9.17, 15) is 4.39 Å². The molecule has 1 nitrogen and oxygen atoms in total. The molecule has 0 saturated heterocycles. The van der Waals surface area contributed by atoms with E-state index in [1.165, 1.54) is 0 Å². The van der Waals surface area contributed by atoms with Crippen molar-refractivity contribution >= 4 is 0 Å². The van der Waals surface area contributed by atoms with Crippen molar-refractivity contribution in [3.63, 3.8) is 0 Å². The molecule has 0 aromatic heterocycles. The Hall–Kier alpha value is -0.890. The predicted molar refractivity (Wildman–Crippen MR) is 67.0 cm³/mol. The Labute approximate surface area is 98.1 Å². The summed E-state index contributed by atoms with van der Waals surface area (Å²) in [7, 11) is 1.95. The van der Waals surface area contributed by atoms with Crippen LogP contribution in [-0.4, -0.2) is 7.05 Å². The molecule has 0 spiro atoms. The summed E-state index contributed by atoms with van der Waals surface area (Å²) >= 11 is 0. The van der Waals surface area contributed by atoms with Crippen molar-refractivity contribution in [1.82, 2.24) is 5.32 Å². The number of aryl methyl sites for hydroxylation is 1. The summed E-state index contributed by atoms with van der Waals surface area (Å²) in [5.74, 6) is -0.130. The van der Waals surface area contributed by atoms with Gasteiger partial charge in [0.25, 0.3) is 0 Å². The zero-order valence-electron chi connectivity index (χ0n) is 10.9. The van der Waals surface area contributed by atoms with Crippen molar-refractivity contribution in [3.8, 4) is 0 Å². The molecule has 1 aromatic rings. The van der Waals surface area contributed by atoms with E-state index in [1.54, 1.807) is 6.07 Å². The molecule has 1 aromatic carbocycles. The SMILES string of the molecule is CNC(CC(C)(C)C)c1ccc(F)c(C)c1. The number of rotatable bonds is 3. The first kappa shape index (κ1) is 13.2. The normalized spacial score (nSPS) is 13.9. The first-order chi connectivity index (χ1) is 7.33. The third kappa shape index (κ3) is 3.60. The minimum absolute atomic E-state index is 0.130. The molecule has 1 N–H and O–H groups in total. The van der Waals surface area contributed by atoms with Crippen LogP contribution < -0.4 is 5.32 Å². The van der Waals surface area contributed by atoms with Crippen molar-refractivity contribution < 1.29 is 4.39 Å². The van der Waals surface area contributed by atoms with E-state index < -0.39 is 0 Å². The van der Waals surface area contributed by atoms with E-state index >= 15 is 0 Å². The van der Waals surface area contributed by atoms with Crippen LogP contribution in [0, 0.1) is 18.2 Å². The van der Waals surface area contributed by atoms with Crippen LogP contribution in [0.15, 0.2) is 18.2 Å². The van der Waals surface area contributed by atoms with E-state index in [0.29, 0.717) is 11.6 Å². The van der Waals surface area contributed by atoms with Crippen molar-refractivity contribution in [3.05, 3.63) is 35.1 Å². The number of nitrogens with one attached hydrogen (secondary N) is 1. The molecule has 0 amide bonds. The lowest BCUT2D eigenvalue weighted by Gasteiger charge is -2.26. The minimum atomic E-state index is -0.130. The van der Waals surface area contributed by atoms with Crippen molar-refractivity contribution in [2.45, 2.75) is 40.2 Å². The lowest BCUT2D eigenvalue weighted by molar-refractivity contribution is 0.320. The Balaban J connectivity index is 2.91. The van der Waals surface area contributed by atoms with E-state index in [-0.39, 0.29) is 11.2 Å². The highest BCUT2D eigenvalue weighted by Gasteiger charge is 2.19. The summed E-state index contributed by atoms with van der Waals surface area (Å²) in [6.07, 6.45) is 1.04. The van der Waals surface area contributed by atoms with Crippen LogP contribution >= 0.6 is 0 Å². The molecule has 0 aliphatic heterocycles. The van der Waals surface area contributed by atoms with Crippen molar-refractivity contribution in [2.24, 2.45) is 5.41 Å². The molecular formula is C14H22FN. The highest BCUT2D eigenvalue weighted by atomic mass is 19.1. The molecule has 0 bridgehead atoms. The molecule has 90 valence electrons. The van der Waals surface area contributed by atoms with Gasteiger partial charge in [-0.15, -0.1) is 0 Å². The van der Waals surface area contributed by atoms with Gasteiger partial charge in [0.05, 0.1) is 0 Å². The van der Waals surface area contributed by atoms with Crippen LogP contribution in [0.3, 0.4) is 0 Å². The maximum absolute atomic E-state index is 13.2. The first-order valence-corrected chi connectivity index (χ1v) is 5.77. The van der Waals surface area contributed by atoms with E-state index in [1.807, 2.05) is 26.1 Å². The fourth-order valence-electron chi connectivity index (χ4n) is 1.88. The zero-order chi connectivity index (χ0) is 12.3. The second-order valence-electron chi connectivity index (χ2n) is 5.61. The summed E-state index contributed by atoms with van der Waals surface area (Å²) in [6, 6.07) is 5.65. The van der Waals surface area contributed by atoms with Gasteiger partial charge in [0.2, 0.25) is 0 Å². The summed E-state index contributed by atoms with van der Waals surface area (Å²) in [5, 5.41) is 3.30. The average molecular weight is 223 g/mol. The Bertz CT molecular complexity index is 352. The van der Waals surface area contributed by atoms with E-state index in [4.69, 9.17) is 0 Å². The minimum Gasteiger partial charge on any atom is -0.313 e. The van der Waals surface area contributed by atoms with Crippen LogP contribution in [0.4, 0.5) is 4.39 Å². The number of benzene rings is 1. The fourth-order valence-corrected chi connectivity index (χ4v) is 1.88. The topological polar surface area (TPSA) is 12.0 Å². The molecule has 0 aliphatic rings. The van der Waals surface area contributed by atoms with Gasteiger partial charge in [0, 0.05) is 6.04 Å². The van der Waals surface area contributed by atoms with Crippen LogP contribution in [0.25, 0.3) is 0 Å². The smallest absolute Gasteiger partial charge is 0.126 e. The van der Waals surface area contributed by atoms with Crippen LogP contribution in [0.5, 0.6) is 0 Å². The van der Waals surface area contributed by atoms with Gasteiger partial charge >= 0.3 is 0 Å². The maximum atomic E-state index is 13.2. The van der Waals surface area contributed by atoms with Gasteiger partial charge in [-0.05, 0) is 43.0 Å². The number of hydrogen-bond donors (Lipinski definition) is 1. The van der Waals surface area contributed by atoms with Gasteiger partial charge in [-0.2, -0.15) is 0 Å². The molecular weight excluding hydrogens is 201 g/mol. The molecule has 2 heteroatoms. The van der Waals surface area contributed by atoms with Crippen molar-refractivity contribution in [2.75, 3.05) is 7.05 Å². The van der Waals surface area contributed by atoms with Gasteiger partial charge in [-0.3, -0.25) is 0 Å². The Morgan fingerprint density at radius 1 is 1.31 bits per heavy atom. The van der Waals surface area contributed by atoms with Gasteiger partial charge in [0.15, 0.2) is 0 Å². The molecule has 0 fully saturated rings. The molecule has 1 unspecified atom stereocenters. The van der Waals surface area contributed by atoms with Gasteiger partial charge in [-0.1, -0.05) is 32.9 Å². The highest BCUT2D eigenvalue weighted by Crippen LogP contribution is 2.29. The quantitative estimate of drug-likeness (QED) is 0.821. The number of halogens is 1. The van der Waals surface area contributed by atoms with E-state index in [2.05, 4.69) is 26.1 Å². The molecule has 0 aliphatic carbocycles. The molecule has 1 atom stereocenters. The second kappa shape index (κ2) is 4.96. The van der Waals surface area contributed by atoms with Crippen LogP contribution in [-0.2, 0) is 0 Å². The predicted octanol–water partition coefficient (Wildman–Crippen LogP) is 3.83. The standard InChI is InChI=1S/C14H22FN/c1-10-8-11(6-7-12(10)15)13(16-5)9-14(2,3)4/h6-8,13,16H,9H2,1-5H3. The Kier molecular flexibility index (Phi) is 4.09. The maximum Gasteiger partial charge on any atom is 0.126 e. The average Bonchev–Trinajstić information content (AvgIpc) is 2.17. The molecule has 0 saturated carbocycles. The monoisotopic (exact) mass is 223 g/mol. The summed E-state index contributed by atoms with van der Waals surface area (Å²) in [5.41, 5.74) is 2.14. The van der Waals surface area contributed by atoms with Crippen molar-refractivity contribution in [1.29, 1.82) is 0 Å². The Morgan fingerprint density at radius 2 is 1.94 bits per heavy atom. The van der Waals surface area contributed by atoms with E-state index in [0.717, 1.165) is 12.0 Å². The molecule has 0 radical (unpaired) electrons. The number of hydrogen-bond acceptors (Lipinski definition) is 1. The van der Waals surface area contributed by atoms with Gasteiger partial charge in [0.1, 0.15) is 5.82 Å². The molecule has 0 heterocycles. The third-order valence-electron chi connectivity index (χ3n) is 2.75. The second-order valence-corrected chi connectivity index (χ2v) is 5.61. The summed E-state index contributed by atoms with van der Waals surface area (Å²) in [4.78, 5) is 0. The summed E-state index contributed by atoms with van der Waals surface area (Å²) < 4.78 is 13.2.